The highest BCUT2D eigenvalue weighted by molar-refractivity contribution is 5.93. The Labute approximate surface area is 158 Å². The van der Waals surface area contributed by atoms with E-state index in [0.717, 1.165) is 12.0 Å². The first-order valence-corrected chi connectivity index (χ1v) is 8.81. The highest BCUT2D eigenvalue weighted by atomic mass is 16.5. The van der Waals surface area contributed by atoms with Crippen molar-refractivity contribution in [2.45, 2.75) is 26.0 Å². The Morgan fingerprint density at radius 3 is 2.26 bits per heavy atom. The molecule has 1 atom stereocenters. The molecule has 2 aromatic rings. The van der Waals surface area contributed by atoms with Crippen LogP contribution in [-0.2, 0) is 22.5 Å². The molecule has 6 heteroatoms. The van der Waals surface area contributed by atoms with E-state index in [1.54, 1.807) is 30.0 Å². The van der Waals surface area contributed by atoms with Gasteiger partial charge in [0.05, 0.1) is 19.8 Å². The summed E-state index contributed by atoms with van der Waals surface area (Å²) in [5, 5.41) is 0. The zero-order valence-corrected chi connectivity index (χ0v) is 15.7. The number of ether oxygens (including phenoxy) is 3. The smallest absolute Gasteiger partial charge is 0.339 e. The molecule has 1 heterocycles. The standard InChI is InChI=1S/C21H23NO5/c1-14(20(23)22-9-8-15-6-4-5-7-16(15)13-22)27-21(24)17-10-18(25-2)12-19(11-17)26-3/h4-7,10-12,14H,8-9,13H2,1-3H3/t14-/m0/s1. The number of hydrogen-bond acceptors (Lipinski definition) is 5. The lowest BCUT2D eigenvalue weighted by Crippen LogP contribution is -2.42. The molecule has 1 aliphatic heterocycles. The Morgan fingerprint density at radius 1 is 1.00 bits per heavy atom. The third kappa shape index (κ3) is 4.22. The van der Waals surface area contributed by atoms with Gasteiger partial charge in [0.2, 0.25) is 0 Å². The van der Waals surface area contributed by atoms with E-state index in [0.29, 0.717) is 24.6 Å². The molecule has 27 heavy (non-hydrogen) atoms. The van der Waals surface area contributed by atoms with Gasteiger partial charge in [-0.3, -0.25) is 4.79 Å². The minimum Gasteiger partial charge on any atom is -0.497 e. The molecular formula is C21H23NO5. The van der Waals surface area contributed by atoms with Gasteiger partial charge < -0.3 is 19.1 Å². The number of methoxy groups -OCH3 is 2. The first-order chi connectivity index (χ1) is 13.0. The van der Waals surface area contributed by atoms with Crippen LogP contribution in [0.25, 0.3) is 0 Å². The minimum atomic E-state index is -0.875. The second-order valence-corrected chi connectivity index (χ2v) is 6.43. The van der Waals surface area contributed by atoms with Crippen LogP contribution in [0, 0.1) is 0 Å². The van der Waals surface area contributed by atoms with E-state index in [2.05, 4.69) is 6.07 Å². The van der Waals surface area contributed by atoms with Gasteiger partial charge in [-0.2, -0.15) is 0 Å². The molecule has 0 spiro atoms. The quantitative estimate of drug-likeness (QED) is 0.759. The molecule has 142 valence electrons. The maximum atomic E-state index is 12.7. The minimum absolute atomic E-state index is 0.201. The maximum Gasteiger partial charge on any atom is 0.339 e. The molecule has 6 nitrogen and oxygen atoms in total. The molecule has 3 rings (SSSR count). The van der Waals surface area contributed by atoms with Gasteiger partial charge in [-0.1, -0.05) is 24.3 Å². The summed E-state index contributed by atoms with van der Waals surface area (Å²) in [6, 6.07) is 12.8. The Morgan fingerprint density at radius 2 is 1.63 bits per heavy atom. The summed E-state index contributed by atoms with van der Waals surface area (Å²) in [4.78, 5) is 26.9. The molecule has 0 N–H and O–H groups in total. The fraction of sp³-hybridized carbons (Fsp3) is 0.333. The molecule has 0 aromatic heterocycles. The number of nitrogens with zero attached hydrogens (tertiary/aromatic N) is 1. The SMILES string of the molecule is COc1cc(OC)cc(C(=O)O[C@@H](C)C(=O)N2CCc3ccccc3C2)c1. The highest BCUT2D eigenvalue weighted by Gasteiger charge is 2.27. The molecule has 0 bridgehead atoms. The van der Waals surface area contributed by atoms with Crippen molar-refractivity contribution in [3.05, 3.63) is 59.2 Å². The van der Waals surface area contributed by atoms with E-state index in [9.17, 15) is 9.59 Å². The van der Waals surface area contributed by atoms with Crippen molar-refractivity contribution in [2.24, 2.45) is 0 Å². The highest BCUT2D eigenvalue weighted by Crippen LogP contribution is 2.24. The molecule has 1 aliphatic rings. The molecule has 0 radical (unpaired) electrons. The average molecular weight is 369 g/mol. The van der Waals surface area contributed by atoms with Gasteiger partial charge in [0.1, 0.15) is 11.5 Å². The molecule has 1 amide bonds. The van der Waals surface area contributed by atoms with Gasteiger partial charge in [-0.25, -0.2) is 4.79 Å². The lowest BCUT2D eigenvalue weighted by molar-refractivity contribution is -0.140. The molecule has 0 unspecified atom stereocenters. The predicted molar refractivity (Wildman–Crippen MR) is 100.0 cm³/mol. The van der Waals surface area contributed by atoms with Crippen molar-refractivity contribution in [3.8, 4) is 11.5 Å². The van der Waals surface area contributed by atoms with E-state index in [1.165, 1.54) is 19.8 Å². The monoisotopic (exact) mass is 369 g/mol. The number of rotatable bonds is 5. The van der Waals surface area contributed by atoms with E-state index in [1.807, 2.05) is 18.2 Å². The summed E-state index contributed by atoms with van der Waals surface area (Å²) < 4.78 is 15.7. The summed E-state index contributed by atoms with van der Waals surface area (Å²) in [5.74, 6) is 0.166. The van der Waals surface area contributed by atoms with Gasteiger partial charge >= 0.3 is 5.97 Å². The second-order valence-electron chi connectivity index (χ2n) is 6.43. The average Bonchev–Trinajstić information content (AvgIpc) is 2.72. The first kappa shape index (κ1) is 18.8. The molecule has 0 saturated heterocycles. The van der Waals surface area contributed by atoms with Crippen molar-refractivity contribution in [3.63, 3.8) is 0 Å². The Balaban J connectivity index is 1.67. The van der Waals surface area contributed by atoms with Gasteiger partial charge in [0.15, 0.2) is 6.10 Å². The van der Waals surface area contributed by atoms with Gasteiger partial charge in [-0.15, -0.1) is 0 Å². The van der Waals surface area contributed by atoms with E-state index in [-0.39, 0.29) is 11.5 Å². The Bertz CT molecular complexity index is 826. The first-order valence-electron chi connectivity index (χ1n) is 8.81. The molecule has 0 fully saturated rings. The number of carbonyl (C=O) groups excluding carboxylic acids is 2. The van der Waals surface area contributed by atoms with Crippen molar-refractivity contribution < 1.29 is 23.8 Å². The largest absolute Gasteiger partial charge is 0.497 e. The predicted octanol–water partition coefficient (Wildman–Crippen LogP) is 2.83. The fourth-order valence-electron chi connectivity index (χ4n) is 3.15. The Kier molecular flexibility index (Phi) is 5.64. The third-order valence-corrected chi connectivity index (χ3v) is 4.66. The summed E-state index contributed by atoms with van der Waals surface area (Å²) in [5.41, 5.74) is 2.66. The summed E-state index contributed by atoms with van der Waals surface area (Å²) in [6.07, 6.45) is -0.0738. The lowest BCUT2D eigenvalue weighted by Gasteiger charge is -2.30. The molecule has 0 aliphatic carbocycles. The topological polar surface area (TPSA) is 65.1 Å². The van der Waals surface area contributed by atoms with Gasteiger partial charge in [0, 0.05) is 19.2 Å². The van der Waals surface area contributed by atoms with E-state index in [4.69, 9.17) is 14.2 Å². The van der Waals surface area contributed by atoms with Gasteiger partial charge in [0.25, 0.3) is 5.91 Å². The van der Waals surface area contributed by atoms with Crippen molar-refractivity contribution >= 4 is 11.9 Å². The van der Waals surface area contributed by atoms with Crippen LogP contribution in [0.4, 0.5) is 0 Å². The van der Waals surface area contributed by atoms with Crippen molar-refractivity contribution in [1.29, 1.82) is 0 Å². The van der Waals surface area contributed by atoms with Crippen LogP contribution in [-0.4, -0.2) is 43.6 Å². The van der Waals surface area contributed by atoms with E-state index < -0.39 is 12.1 Å². The van der Waals surface area contributed by atoms with Crippen LogP contribution in [0.3, 0.4) is 0 Å². The lowest BCUT2D eigenvalue weighted by atomic mass is 9.99. The zero-order valence-electron chi connectivity index (χ0n) is 15.7. The number of carbonyl (C=O) groups is 2. The van der Waals surface area contributed by atoms with E-state index >= 15 is 0 Å². The number of amides is 1. The van der Waals surface area contributed by atoms with Crippen molar-refractivity contribution in [2.75, 3.05) is 20.8 Å². The van der Waals surface area contributed by atoms with Crippen LogP contribution >= 0.6 is 0 Å². The number of fused-ring (bicyclic) bond motifs is 1. The fourth-order valence-corrected chi connectivity index (χ4v) is 3.15. The summed E-state index contributed by atoms with van der Waals surface area (Å²) in [7, 11) is 3.01. The normalized spacial score (nSPS) is 14.1. The molecular weight excluding hydrogens is 346 g/mol. The molecule has 0 saturated carbocycles. The number of benzene rings is 2. The number of hydrogen-bond donors (Lipinski definition) is 0. The van der Waals surface area contributed by atoms with Crippen molar-refractivity contribution in [1.82, 2.24) is 4.90 Å². The van der Waals surface area contributed by atoms with Crippen LogP contribution < -0.4 is 9.47 Å². The Hall–Kier alpha value is -3.02. The second kappa shape index (κ2) is 8.12. The van der Waals surface area contributed by atoms with Gasteiger partial charge in [-0.05, 0) is 36.6 Å². The van der Waals surface area contributed by atoms with Crippen LogP contribution in [0.1, 0.15) is 28.4 Å². The zero-order chi connectivity index (χ0) is 19.4. The van der Waals surface area contributed by atoms with Crippen LogP contribution in [0.2, 0.25) is 0 Å². The van der Waals surface area contributed by atoms with Crippen LogP contribution in [0.15, 0.2) is 42.5 Å². The van der Waals surface area contributed by atoms with Crippen LogP contribution in [0.5, 0.6) is 11.5 Å². The maximum absolute atomic E-state index is 12.7. The summed E-state index contributed by atoms with van der Waals surface area (Å²) >= 11 is 0. The third-order valence-electron chi connectivity index (χ3n) is 4.66. The molecule has 2 aromatic carbocycles. The summed E-state index contributed by atoms with van der Waals surface area (Å²) in [6.45, 7) is 2.74. The number of esters is 1.